The van der Waals surface area contributed by atoms with Crippen molar-refractivity contribution < 1.29 is 0 Å². The van der Waals surface area contributed by atoms with Crippen LogP contribution in [0.2, 0.25) is 0 Å². The SMILES string of the molecule is O=c1cc[nH]cc1.O=c1cc[nH]cc1. The fraction of sp³-hybridized carbons (Fsp3) is 0. The Morgan fingerprint density at radius 3 is 1.07 bits per heavy atom. The minimum absolute atomic E-state index is 0.0405. The summed E-state index contributed by atoms with van der Waals surface area (Å²) in [7, 11) is 0. The van der Waals surface area contributed by atoms with Crippen LogP contribution in [0.5, 0.6) is 0 Å². The first-order valence-electron chi connectivity index (χ1n) is 4.05. The number of hydrogen-bond donors (Lipinski definition) is 2. The third-order valence-electron chi connectivity index (χ3n) is 1.38. The average molecular weight is 190 g/mol. The van der Waals surface area contributed by atoms with E-state index in [4.69, 9.17) is 0 Å². The van der Waals surface area contributed by atoms with Crippen molar-refractivity contribution in [3.63, 3.8) is 0 Å². The molecule has 0 aliphatic rings. The van der Waals surface area contributed by atoms with Crippen molar-refractivity contribution >= 4 is 0 Å². The molecule has 72 valence electrons. The van der Waals surface area contributed by atoms with E-state index >= 15 is 0 Å². The van der Waals surface area contributed by atoms with Gasteiger partial charge < -0.3 is 9.97 Å². The smallest absolute Gasteiger partial charge is 0.181 e. The summed E-state index contributed by atoms with van der Waals surface area (Å²) >= 11 is 0. The molecule has 0 saturated carbocycles. The maximum atomic E-state index is 10.2. The minimum atomic E-state index is 0.0405. The molecule has 0 saturated heterocycles. The maximum absolute atomic E-state index is 10.2. The molecule has 0 aromatic carbocycles. The lowest BCUT2D eigenvalue weighted by atomic mass is 10.5. The van der Waals surface area contributed by atoms with Gasteiger partial charge in [-0.25, -0.2) is 0 Å². The van der Waals surface area contributed by atoms with Crippen molar-refractivity contribution in [1.29, 1.82) is 0 Å². The van der Waals surface area contributed by atoms with Crippen LogP contribution in [-0.4, -0.2) is 9.97 Å². The van der Waals surface area contributed by atoms with E-state index < -0.39 is 0 Å². The van der Waals surface area contributed by atoms with Gasteiger partial charge >= 0.3 is 0 Å². The van der Waals surface area contributed by atoms with Crippen LogP contribution in [0, 0.1) is 0 Å². The molecule has 2 aromatic heterocycles. The first-order chi connectivity index (χ1) is 6.79. The van der Waals surface area contributed by atoms with Crippen molar-refractivity contribution in [3.8, 4) is 0 Å². The van der Waals surface area contributed by atoms with Crippen LogP contribution in [0.3, 0.4) is 0 Å². The van der Waals surface area contributed by atoms with Crippen LogP contribution in [0.25, 0.3) is 0 Å². The Balaban J connectivity index is 0.000000140. The van der Waals surface area contributed by atoms with E-state index in [1.165, 1.54) is 24.3 Å². The Morgan fingerprint density at radius 1 is 0.643 bits per heavy atom. The highest BCUT2D eigenvalue weighted by atomic mass is 16.1. The van der Waals surface area contributed by atoms with Crippen molar-refractivity contribution in [2.45, 2.75) is 0 Å². The number of aromatic amines is 2. The second-order valence-corrected chi connectivity index (χ2v) is 2.47. The number of hydrogen-bond acceptors (Lipinski definition) is 2. The lowest BCUT2D eigenvalue weighted by molar-refractivity contribution is 1.31. The molecule has 0 atom stereocenters. The zero-order valence-corrected chi connectivity index (χ0v) is 7.44. The summed E-state index contributed by atoms with van der Waals surface area (Å²) in [6.45, 7) is 0. The lowest BCUT2D eigenvalue weighted by Crippen LogP contribution is -1.92. The van der Waals surface area contributed by atoms with Gasteiger partial charge in [-0.15, -0.1) is 0 Å². The van der Waals surface area contributed by atoms with Gasteiger partial charge in [-0.05, 0) is 0 Å². The fourth-order valence-corrected chi connectivity index (χ4v) is 0.743. The van der Waals surface area contributed by atoms with E-state index in [0.717, 1.165) is 0 Å². The van der Waals surface area contributed by atoms with Gasteiger partial charge in [-0.2, -0.15) is 0 Å². The molecule has 0 spiro atoms. The van der Waals surface area contributed by atoms with Crippen molar-refractivity contribution in [2.24, 2.45) is 0 Å². The Labute approximate surface area is 80.3 Å². The third kappa shape index (κ3) is 4.06. The molecule has 4 heteroatoms. The van der Waals surface area contributed by atoms with E-state index in [2.05, 4.69) is 9.97 Å². The number of nitrogens with one attached hydrogen (secondary N) is 2. The summed E-state index contributed by atoms with van der Waals surface area (Å²) in [5, 5.41) is 0. The number of aromatic nitrogens is 2. The molecule has 0 fully saturated rings. The number of rotatable bonds is 0. The molecular formula is C10H10N2O2. The van der Waals surface area contributed by atoms with E-state index in [0.29, 0.717) is 0 Å². The second kappa shape index (κ2) is 5.53. The molecule has 0 aliphatic carbocycles. The van der Waals surface area contributed by atoms with Crippen LogP contribution in [0.4, 0.5) is 0 Å². The summed E-state index contributed by atoms with van der Waals surface area (Å²) in [5.41, 5.74) is 0.0810. The Morgan fingerprint density at radius 2 is 0.929 bits per heavy atom. The van der Waals surface area contributed by atoms with E-state index in [1.54, 1.807) is 24.8 Å². The van der Waals surface area contributed by atoms with E-state index in [9.17, 15) is 9.59 Å². The van der Waals surface area contributed by atoms with Gasteiger partial charge in [0, 0.05) is 49.1 Å². The maximum Gasteiger partial charge on any atom is 0.181 e. The van der Waals surface area contributed by atoms with Crippen LogP contribution < -0.4 is 10.9 Å². The summed E-state index contributed by atoms with van der Waals surface area (Å²) in [6, 6.07) is 5.89. The molecule has 14 heavy (non-hydrogen) atoms. The Bertz CT molecular complexity index is 393. The number of pyridine rings is 2. The Hall–Kier alpha value is -2.10. The van der Waals surface area contributed by atoms with E-state index in [1.807, 2.05) is 0 Å². The van der Waals surface area contributed by atoms with E-state index in [-0.39, 0.29) is 10.9 Å². The van der Waals surface area contributed by atoms with Crippen LogP contribution >= 0.6 is 0 Å². The average Bonchev–Trinajstić information content (AvgIpc) is 2.21. The molecule has 2 heterocycles. The van der Waals surface area contributed by atoms with Gasteiger partial charge in [0.05, 0.1) is 0 Å². The molecule has 0 amide bonds. The van der Waals surface area contributed by atoms with Gasteiger partial charge in [0.2, 0.25) is 0 Å². The zero-order valence-electron chi connectivity index (χ0n) is 7.44. The largest absolute Gasteiger partial charge is 0.367 e. The van der Waals surface area contributed by atoms with Gasteiger partial charge in [0.15, 0.2) is 10.9 Å². The molecule has 0 unspecified atom stereocenters. The van der Waals surface area contributed by atoms with Crippen molar-refractivity contribution in [1.82, 2.24) is 9.97 Å². The molecule has 4 nitrogen and oxygen atoms in total. The third-order valence-corrected chi connectivity index (χ3v) is 1.38. The predicted octanol–water partition coefficient (Wildman–Crippen LogP) is 0.750. The predicted molar refractivity (Wildman–Crippen MR) is 54.1 cm³/mol. The van der Waals surface area contributed by atoms with Gasteiger partial charge in [0.25, 0.3) is 0 Å². The van der Waals surface area contributed by atoms with Crippen LogP contribution in [0.15, 0.2) is 58.6 Å². The van der Waals surface area contributed by atoms with Gasteiger partial charge in [-0.1, -0.05) is 0 Å². The topological polar surface area (TPSA) is 65.7 Å². The fourth-order valence-electron chi connectivity index (χ4n) is 0.743. The molecule has 0 aliphatic heterocycles. The van der Waals surface area contributed by atoms with Crippen molar-refractivity contribution in [2.75, 3.05) is 0 Å². The quantitative estimate of drug-likeness (QED) is 0.643. The lowest BCUT2D eigenvalue weighted by Gasteiger charge is -1.73. The second-order valence-electron chi connectivity index (χ2n) is 2.47. The van der Waals surface area contributed by atoms with Crippen molar-refractivity contribution in [3.05, 3.63) is 69.5 Å². The first kappa shape index (κ1) is 9.98. The molecule has 2 aromatic rings. The highest BCUT2D eigenvalue weighted by Gasteiger charge is 1.71. The summed E-state index contributed by atoms with van der Waals surface area (Å²) in [5.74, 6) is 0. The highest BCUT2D eigenvalue weighted by Crippen LogP contribution is 1.64. The Kier molecular flexibility index (Phi) is 3.94. The van der Waals surface area contributed by atoms with Crippen LogP contribution in [-0.2, 0) is 0 Å². The molecule has 0 bridgehead atoms. The zero-order chi connectivity index (χ0) is 10.2. The highest BCUT2D eigenvalue weighted by molar-refractivity contribution is 4.90. The summed E-state index contributed by atoms with van der Waals surface area (Å²) in [6.07, 6.45) is 6.40. The standard InChI is InChI=1S/2C5H5NO/c2*7-5-1-3-6-4-2-5/h2*1-4H,(H,6,7). The molecule has 0 radical (unpaired) electrons. The molecular weight excluding hydrogens is 180 g/mol. The van der Waals surface area contributed by atoms with Gasteiger partial charge in [0.1, 0.15) is 0 Å². The minimum Gasteiger partial charge on any atom is -0.367 e. The first-order valence-corrected chi connectivity index (χ1v) is 4.05. The number of H-pyrrole nitrogens is 2. The molecule has 2 rings (SSSR count). The van der Waals surface area contributed by atoms with Gasteiger partial charge in [-0.3, -0.25) is 9.59 Å². The molecule has 2 N–H and O–H groups in total. The summed E-state index contributed by atoms with van der Waals surface area (Å²) in [4.78, 5) is 26.0. The monoisotopic (exact) mass is 190 g/mol. The van der Waals surface area contributed by atoms with Crippen LogP contribution in [0.1, 0.15) is 0 Å². The normalized spacial score (nSPS) is 8.57. The summed E-state index contributed by atoms with van der Waals surface area (Å²) < 4.78 is 0.